The molecule has 0 bridgehead atoms. The lowest BCUT2D eigenvalue weighted by molar-refractivity contribution is -0.255. The Bertz CT molecular complexity index is 1210. The van der Waals surface area contributed by atoms with E-state index in [1.165, 1.54) is 42.0 Å². The molecule has 1 saturated heterocycles. The molecule has 0 unspecified atom stereocenters. The molecule has 2 aromatic rings. The summed E-state index contributed by atoms with van der Waals surface area (Å²) in [6.07, 6.45) is -6.13. The molecule has 1 aliphatic heterocycles. The molecule has 210 valence electrons. The Morgan fingerprint density at radius 1 is 0.872 bits per heavy atom. The number of nitrogens with zero attached hydrogens (tertiary/aromatic N) is 1. The second-order valence-electron chi connectivity index (χ2n) is 8.43. The third-order valence-corrected chi connectivity index (χ3v) is 5.97. The second-order valence-corrected chi connectivity index (χ2v) is 9.15. The van der Waals surface area contributed by atoms with Crippen molar-refractivity contribution >= 4 is 41.0 Å². The lowest BCUT2D eigenvalue weighted by atomic mass is 9.94. The summed E-state index contributed by atoms with van der Waals surface area (Å²) in [5, 5.41) is 12.0. The highest BCUT2D eigenvalue weighted by Crippen LogP contribution is 2.31. The van der Waals surface area contributed by atoms with Crippen molar-refractivity contribution in [1.82, 2.24) is 4.98 Å². The lowest BCUT2D eigenvalue weighted by Crippen LogP contribution is -2.63. The number of esters is 4. The van der Waals surface area contributed by atoms with E-state index in [9.17, 15) is 29.1 Å². The summed E-state index contributed by atoms with van der Waals surface area (Å²) in [6, 6.07) is 4.01. The minimum atomic E-state index is -1.33. The van der Waals surface area contributed by atoms with Crippen LogP contribution in [0, 0.1) is 0 Å². The van der Waals surface area contributed by atoms with Gasteiger partial charge in [0.1, 0.15) is 42.6 Å². The fourth-order valence-corrected chi connectivity index (χ4v) is 4.42. The van der Waals surface area contributed by atoms with Crippen molar-refractivity contribution in [2.45, 2.75) is 58.2 Å². The van der Waals surface area contributed by atoms with Crippen molar-refractivity contribution in [1.29, 1.82) is 0 Å². The first-order valence-corrected chi connectivity index (χ1v) is 12.6. The molecular weight excluding hydrogens is 538 g/mol. The average Bonchev–Trinajstić information content (AvgIpc) is 3.38. The van der Waals surface area contributed by atoms with E-state index in [1.807, 2.05) is 0 Å². The van der Waals surface area contributed by atoms with Crippen LogP contribution in [0.5, 0.6) is 11.5 Å². The summed E-state index contributed by atoms with van der Waals surface area (Å²) in [5.41, 5.74) is 1.69. The topological polar surface area (TPSA) is 174 Å². The van der Waals surface area contributed by atoms with E-state index >= 15 is 0 Å². The Balaban J connectivity index is 1.86. The van der Waals surface area contributed by atoms with Crippen molar-refractivity contribution in [2.24, 2.45) is 0 Å². The van der Waals surface area contributed by atoms with E-state index in [0.29, 0.717) is 0 Å². The Morgan fingerprint density at radius 2 is 1.46 bits per heavy atom. The Labute approximate surface area is 226 Å². The monoisotopic (exact) mass is 565 g/mol. The van der Waals surface area contributed by atoms with Crippen molar-refractivity contribution in [2.75, 3.05) is 13.2 Å². The molecule has 1 fully saturated rings. The van der Waals surface area contributed by atoms with Crippen LogP contribution >= 0.6 is 11.3 Å². The molecule has 13 nitrogen and oxygen atoms in total. The van der Waals surface area contributed by atoms with E-state index < -0.39 is 60.2 Å². The highest BCUT2D eigenvalue weighted by molar-refractivity contribution is 7.07. The molecule has 0 spiro atoms. The first kappa shape index (κ1) is 29.5. The minimum absolute atomic E-state index is 0.0144. The molecule has 39 heavy (non-hydrogen) atoms. The predicted octanol–water partition coefficient (Wildman–Crippen LogP) is 1.58. The molecule has 1 N–H and O–H groups in total. The maximum Gasteiger partial charge on any atom is 0.303 e. The van der Waals surface area contributed by atoms with Gasteiger partial charge in [-0.05, 0) is 12.1 Å². The standard InChI is InChI=1S/C25H27NO12S/c1-12(27)33-8-20-23(35-13(2)28)25(37-15(4)30)24(36-14(3)29)21(38-20)9-34-16-5-6-17(19(31)7-16)22(32)18-10-39-11-26-18/h5-7,10-11,20-21,23-25,31H,8-9H2,1-4H3/t20-,21+,23+,24-,25-/m0/s1. The van der Waals surface area contributed by atoms with Crippen molar-refractivity contribution in [3.63, 3.8) is 0 Å². The predicted molar refractivity (Wildman–Crippen MR) is 131 cm³/mol. The fraction of sp³-hybridized carbons (Fsp3) is 0.440. The van der Waals surface area contributed by atoms with Crippen LogP contribution in [-0.2, 0) is 42.9 Å². The molecule has 0 amide bonds. The normalized spacial score (nSPS) is 22.3. The molecule has 3 rings (SSSR count). The average molecular weight is 566 g/mol. The third kappa shape index (κ3) is 7.97. The largest absolute Gasteiger partial charge is 0.507 e. The summed E-state index contributed by atoms with van der Waals surface area (Å²) in [5.74, 6) is -3.57. The number of carbonyl (C=O) groups excluding carboxylic acids is 5. The minimum Gasteiger partial charge on any atom is -0.507 e. The molecule has 1 aliphatic rings. The van der Waals surface area contributed by atoms with Crippen molar-refractivity contribution < 1.29 is 57.5 Å². The molecule has 0 aliphatic carbocycles. The summed E-state index contributed by atoms with van der Waals surface area (Å²) in [4.78, 5) is 63.6. The Hall–Kier alpha value is -4.04. The van der Waals surface area contributed by atoms with E-state index in [-0.39, 0.29) is 36.0 Å². The van der Waals surface area contributed by atoms with Crippen LogP contribution in [0.15, 0.2) is 29.1 Å². The van der Waals surface area contributed by atoms with Crippen LogP contribution in [0.1, 0.15) is 43.7 Å². The number of phenolic OH excluding ortho intramolecular Hbond substituents is 1. The van der Waals surface area contributed by atoms with Crippen molar-refractivity contribution in [3.05, 3.63) is 40.3 Å². The van der Waals surface area contributed by atoms with Gasteiger partial charge < -0.3 is 33.5 Å². The number of thiazole rings is 1. The maximum absolute atomic E-state index is 12.5. The number of hydrogen-bond donors (Lipinski definition) is 1. The summed E-state index contributed by atoms with van der Waals surface area (Å²) in [6.45, 7) is 3.86. The van der Waals surface area contributed by atoms with Crippen LogP contribution in [0.3, 0.4) is 0 Å². The van der Waals surface area contributed by atoms with Crippen LogP contribution in [0.25, 0.3) is 0 Å². The number of benzene rings is 1. The van der Waals surface area contributed by atoms with Gasteiger partial charge >= 0.3 is 23.9 Å². The smallest absolute Gasteiger partial charge is 0.303 e. The SMILES string of the molecule is CC(=O)OC[C@@H]1O[C@H](COc2ccc(C(=O)c3cscn3)c(O)c2)[C@H](OC(C)=O)[C@@H](OC(C)=O)[C@@H]1OC(C)=O. The molecule has 14 heteroatoms. The Kier molecular flexibility index (Phi) is 9.95. The fourth-order valence-electron chi connectivity index (χ4n) is 3.89. The zero-order valence-electron chi connectivity index (χ0n) is 21.5. The van der Waals surface area contributed by atoms with E-state index in [0.717, 1.165) is 20.8 Å². The number of phenols is 1. The maximum atomic E-state index is 12.5. The first-order valence-electron chi connectivity index (χ1n) is 11.7. The Morgan fingerprint density at radius 3 is 1.97 bits per heavy atom. The highest BCUT2D eigenvalue weighted by Gasteiger charge is 2.52. The van der Waals surface area contributed by atoms with Gasteiger partial charge in [0.05, 0.1) is 11.1 Å². The number of rotatable bonds is 10. The number of aromatic nitrogens is 1. The van der Waals surface area contributed by atoms with Gasteiger partial charge in [-0.2, -0.15) is 0 Å². The van der Waals surface area contributed by atoms with Gasteiger partial charge in [0.25, 0.3) is 0 Å². The number of aromatic hydroxyl groups is 1. The zero-order valence-corrected chi connectivity index (χ0v) is 22.3. The van der Waals surface area contributed by atoms with Gasteiger partial charge in [0, 0.05) is 39.1 Å². The van der Waals surface area contributed by atoms with Gasteiger partial charge in [0.2, 0.25) is 5.78 Å². The van der Waals surface area contributed by atoms with Crippen LogP contribution in [-0.4, -0.2) is 83.5 Å². The van der Waals surface area contributed by atoms with Gasteiger partial charge in [-0.15, -0.1) is 11.3 Å². The summed E-state index contributed by atoms with van der Waals surface area (Å²) < 4.78 is 32.8. The van der Waals surface area contributed by atoms with Gasteiger partial charge in [-0.3, -0.25) is 24.0 Å². The molecule has 5 atom stereocenters. The van der Waals surface area contributed by atoms with Crippen LogP contribution < -0.4 is 4.74 Å². The van der Waals surface area contributed by atoms with Gasteiger partial charge in [0.15, 0.2) is 18.3 Å². The number of ether oxygens (including phenoxy) is 6. The van der Waals surface area contributed by atoms with E-state index in [2.05, 4.69) is 4.98 Å². The lowest BCUT2D eigenvalue weighted by Gasteiger charge is -2.44. The molecule has 2 heterocycles. The second kappa shape index (κ2) is 13.2. The molecule has 0 saturated carbocycles. The molecule has 1 aromatic heterocycles. The first-order chi connectivity index (χ1) is 18.5. The molecule has 0 radical (unpaired) electrons. The molecule has 1 aromatic carbocycles. The molecular formula is C25H27NO12S. The quantitative estimate of drug-likeness (QED) is 0.250. The zero-order chi connectivity index (χ0) is 28.7. The third-order valence-electron chi connectivity index (χ3n) is 5.38. The van der Waals surface area contributed by atoms with E-state index in [4.69, 9.17) is 28.4 Å². The van der Waals surface area contributed by atoms with Gasteiger partial charge in [-0.25, -0.2) is 4.98 Å². The van der Waals surface area contributed by atoms with E-state index in [1.54, 1.807) is 5.38 Å². The summed E-state index contributed by atoms with van der Waals surface area (Å²) >= 11 is 1.24. The van der Waals surface area contributed by atoms with Crippen LogP contribution in [0.4, 0.5) is 0 Å². The number of ketones is 1. The van der Waals surface area contributed by atoms with Crippen LogP contribution in [0.2, 0.25) is 0 Å². The summed E-state index contributed by atoms with van der Waals surface area (Å²) in [7, 11) is 0. The highest BCUT2D eigenvalue weighted by atomic mass is 32.1. The van der Waals surface area contributed by atoms with Crippen molar-refractivity contribution in [3.8, 4) is 11.5 Å². The number of carbonyl (C=O) groups is 5. The number of hydrogen-bond acceptors (Lipinski definition) is 14. The van der Waals surface area contributed by atoms with Gasteiger partial charge in [-0.1, -0.05) is 0 Å².